The first kappa shape index (κ1) is 15.0. The molecule has 0 aliphatic heterocycles. The lowest BCUT2D eigenvalue weighted by Crippen LogP contribution is -2.32. The van der Waals surface area contributed by atoms with E-state index in [2.05, 4.69) is 31.5 Å². The first-order valence-corrected chi connectivity index (χ1v) is 6.72. The lowest BCUT2D eigenvalue weighted by Gasteiger charge is -2.08. The summed E-state index contributed by atoms with van der Waals surface area (Å²) in [5.74, 6) is -0.463. The molecule has 0 unspecified atom stereocenters. The number of methoxy groups -OCH3 is 1. The minimum absolute atomic E-state index is 0.119. The zero-order valence-corrected chi connectivity index (χ0v) is 12.6. The Morgan fingerprint density at radius 3 is 2.86 bits per heavy atom. The maximum absolute atomic E-state index is 11.8. The van der Waals surface area contributed by atoms with Crippen LogP contribution < -0.4 is 15.4 Å². The summed E-state index contributed by atoms with van der Waals surface area (Å²) in [4.78, 5) is 27.4. The molecule has 0 bridgehead atoms. The molecule has 2 aromatic rings. The van der Waals surface area contributed by atoms with E-state index in [1.165, 1.54) is 13.2 Å². The normalized spacial score (nSPS) is 10.0. The van der Waals surface area contributed by atoms with Crippen LogP contribution in [-0.2, 0) is 4.79 Å². The number of carbonyl (C=O) groups excluding carboxylic acids is 2. The molecule has 8 heteroatoms. The maximum Gasteiger partial charge on any atom is 0.287 e. The van der Waals surface area contributed by atoms with Crippen LogP contribution in [0.5, 0.6) is 5.88 Å². The molecule has 0 aliphatic rings. The Morgan fingerprint density at radius 1 is 1.38 bits per heavy atom. The van der Waals surface area contributed by atoms with Crippen LogP contribution in [0.3, 0.4) is 0 Å². The van der Waals surface area contributed by atoms with Gasteiger partial charge in [-0.15, -0.1) is 0 Å². The number of carbonyl (C=O) groups is 2. The molecular weight excluding hydrogens is 342 g/mol. The molecule has 2 heterocycles. The van der Waals surface area contributed by atoms with Crippen LogP contribution in [0.2, 0.25) is 0 Å². The third-order valence-corrected chi connectivity index (χ3v) is 2.87. The van der Waals surface area contributed by atoms with Gasteiger partial charge in [-0.25, -0.2) is 4.98 Å². The van der Waals surface area contributed by atoms with Gasteiger partial charge in [-0.3, -0.25) is 9.59 Å². The van der Waals surface area contributed by atoms with Gasteiger partial charge in [0.1, 0.15) is 5.69 Å². The standard InChI is InChI=1S/C13H12BrN3O4/c1-20-13-8(3-2-6-15-13)17-11(18)7-16-12(19)9-4-5-10(14)21-9/h2-6H,7H2,1H3,(H,16,19)(H,17,18). The van der Waals surface area contributed by atoms with Crippen LogP contribution in [0.1, 0.15) is 10.6 Å². The third kappa shape index (κ3) is 4.06. The van der Waals surface area contributed by atoms with Crippen molar-refractivity contribution in [1.29, 1.82) is 0 Å². The summed E-state index contributed by atoms with van der Waals surface area (Å²) in [6.07, 6.45) is 1.55. The van der Waals surface area contributed by atoms with E-state index in [1.807, 2.05) is 0 Å². The molecule has 0 fully saturated rings. The molecule has 7 nitrogen and oxygen atoms in total. The molecule has 0 spiro atoms. The van der Waals surface area contributed by atoms with Gasteiger partial charge < -0.3 is 19.8 Å². The number of pyridine rings is 1. The fourth-order valence-electron chi connectivity index (χ4n) is 1.53. The molecule has 2 aromatic heterocycles. The number of amides is 2. The fraction of sp³-hybridized carbons (Fsp3) is 0.154. The highest BCUT2D eigenvalue weighted by Gasteiger charge is 2.13. The molecular formula is C13H12BrN3O4. The molecule has 0 atom stereocenters. The van der Waals surface area contributed by atoms with E-state index in [0.717, 1.165) is 0 Å². The van der Waals surface area contributed by atoms with Gasteiger partial charge >= 0.3 is 0 Å². The van der Waals surface area contributed by atoms with E-state index in [-0.39, 0.29) is 12.3 Å². The monoisotopic (exact) mass is 353 g/mol. The van der Waals surface area contributed by atoms with Crippen molar-refractivity contribution in [3.05, 3.63) is 40.9 Å². The van der Waals surface area contributed by atoms with Crippen molar-refractivity contribution >= 4 is 33.4 Å². The first-order chi connectivity index (χ1) is 10.1. The van der Waals surface area contributed by atoms with E-state index in [0.29, 0.717) is 16.2 Å². The first-order valence-electron chi connectivity index (χ1n) is 5.92. The van der Waals surface area contributed by atoms with Crippen LogP contribution in [0, 0.1) is 0 Å². The van der Waals surface area contributed by atoms with Crippen molar-refractivity contribution in [2.75, 3.05) is 19.0 Å². The molecule has 0 aromatic carbocycles. The Labute approximate surface area is 128 Å². The number of furan rings is 1. The summed E-state index contributed by atoms with van der Waals surface area (Å²) >= 11 is 3.09. The van der Waals surface area contributed by atoms with Crippen LogP contribution >= 0.6 is 15.9 Å². The lowest BCUT2D eigenvalue weighted by atomic mass is 10.4. The number of nitrogens with one attached hydrogen (secondary N) is 2. The van der Waals surface area contributed by atoms with E-state index in [4.69, 9.17) is 9.15 Å². The maximum atomic E-state index is 11.8. The molecule has 0 aliphatic carbocycles. The Kier molecular flexibility index (Phi) is 4.94. The predicted molar refractivity (Wildman–Crippen MR) is 78.2 cm³/mol. The predicted octanol–water partition coefficient (Wildman–Crippen LogP) is 1.81. The highest BCUT2D eigenvalue weighted by molar-refractivity contribution is 9.10. The smallest absolute Gasteiger partial charge is 0.287 e. The summed E-state index contributed by atoms with van der Waals surface area (Å²) in [6, 6.07) is 6.41. The zero-order valence-electron chi connectivity index (χ0n) is 11.1. The summed E-state index contributed by atoms with van der Waals surface area (Å²) in [5.41, 5.74) is 0.431. The molecule has 2 amide bonds. The highest BCUT2D eigenvalue weighted by Crippen LogP contribution is 2.19. The van der Waals surface area contributed by atoms with Gasteiger partial charge in [0.25, 0.3) is 5.91 Å². The summed E-state index contributed by atoms with van der Waals surface area (Å²) in [7, 11) is 1.45. The van der Waals surface area contributed by atoms with E-state index in [1.54, 1.807) is 24.4 Å². The van der Waals surface area contributed by atoms with Gasteiger partial charge in [0.2, 0.25) is 11.8 Å². The topological polar surface area (TPSA) is 93.5 Å². The number of nitrogens with zero attached hydrogens (tertiary/aromatic N) is 1. The Bertz CT molecular complexity index is 656. The number of rotatable bonds is 5. The number of hydrogen-bond acceptors (Lipinski definition) is 5. The summed E-state index contributed by atoms with van der Waals surface area (Å²) in [6.45, 7) is -0.199. The molecule has 2 N–H and O–H groups in total. The minimum atomic E-state index is -0.478. The van der Waals surface area contributed by atoms with Gasteiger partial charge in [0.05, 0.1) is 13.7 Å². The average Bonchev–Trinajstić information content (AvgIpc) is 2.92. The van der Waals surface area contributed by atoms with E-state index < -0.39 is 11.8 Å². The molecule has 21 heavy (non-hydrogen) atoms. The minimum Gasteiger partial charge on any atom is -0.480 e. The SMILES string of the molecule is COc1ncccc1NC(=O)CNC(=O)c1ccc(Br)o1. The van der Waals surface area contributed by atoms with Crippen LogP contribution in [0.4, 0.5) is 5.69 Å². The Morgan fingerprint density at radius 2 is 2.19 bits per heavy atom. The largest absolute Gasteiger partial charge is 0.480 e. The second kappa shape index (κ2) is 6.89. The number of halogens is 1. The Balaban J connectivity index is 1.89. The van der Waals surface area contributed by atoms with Gasteiger partial charge in [0.15, 0.2) is 10.4 Å². The van der Waals surface area contributed by atoms with Crippen molar-refractivity contribution < 1.29 is 18.7 Å². The van der Waals surface area contributed by atoms with Crippen molar-refractivity contribution in [3.8, 4) is 5.88 Å². The molecule has 0 radical (unpaired) electrons. The van der Waals surface area contributed by atoms with Crippen LogP contribution in [0.25, 0.3) is 0 Å². The molecule has 110 valence electrons. The van der Waals surface area contributed by atoms with Crippen LogP contribution in [0.15, 0.2) is 39.5 Å². The van der Waals surface area contributed by atoms with Crippen molar-refractivity contribution in [3.63, 3.8) is 0 Å². The second-order valence-corrected chi connectivity index (χ2v) is 4.68. The van der Waals surface area contributed by atoms with Gasteiger partial charge in [-0.05, 0) is 40.2 Å². The van der Waals surface area contributed by atoms with E-state index >= 15 is 0 Å². The van der Waals surface area contributed by atoms with Crippen molar-refractivity contribution in [1.82, 2.24) is 10.3 Å². The quantitative estimate of drug-likeness (QED) is 0.854. The number of ether oxygens (including phenoxy) is 1. The van der Waals surface area contributed by atoms with Crippen molar-refractivity contribution in [2.45, 2.75) is 0 Å². The van der Waals surface area contributed by atoms with Crippen LogP contribution in [-0.4, -0.2) is 30.5 Å². The molecule has 2 rings (SSSR count). The number of hydrogen-bond donors (Lipinski definition) is 2. The van der Waals surface area contributed by atoms with Gasteiger partial charge in [0, 0.05) is 6.20 Å². The molecule has 0 saturated heterocycles. The third-order valence-electron chi connectivity index (χ3n) is 2.45. The number of aromatic nitrogens is 1. The van der Waals surface area contributed by atoms with E-state index in [9.17, 15) is 9.59 Å². The summed E-state index contributed by atoms with van der Waals surface area (Å²) in [5, 5.41) is 5.04. The highest BCUT2D eigenvalue weighted by atomic mass is 79.9. The second-order valence-electron chi connectivity index (χ2n) is 3.89. The number of anilines is 1. The van der Waals surface area contributed by atoms with Gasteiger partial charge in [-0.1, -0.05) is 0 Å². The van der Waals surface area contributed by atoms with Gasteiger partial charge in [-0.2, -0.15) is 0 Å². The zero-order chi connectivity index (χ0) is 15.2. The molecule has 0 saturated carbocycles. The Hall–Kier alpha value is -2.35. The average molecular weight is 354 g/mol. The summed E-state index contributed by atoms with van der Waals surface area (Å²) < 4.78 is 10.5. The lowest BCUT2D eigenvalue weighted by molar-refractivity contribution is -0.115. The fourth-order valence-corrected chi connectivity index (χ4v) is 1.83. The van der Waals surface area contributed by atoms with Crippen molar-refractivity contribution in [2.24, 2.45) is 0 Å².